The van der Waals surface area contributed by atoms with Crippen molar-refractivity contribution in [3.8, 4) is 0 Å². The van der Waals surface area contributed by atoms with Gasteiger partial charge in [0, 0.05) is 6.04 Å². The van der Waals surface area contributed by atoms with Crippen molar-refractivity contribution < 1.29 is 0 Å². The van der Waals surface area contributed by atoms with E-state index in [0.717, 1.165) is 12.0 Å². The third kappa shape index (κ3) is 2.50. The van der Waals surface area contributed by atoms with E-state index in [-0.39, 0.29) is 6.04 Å². The second-order valence-electron chi connectivity index (χ2n) is 3.01. The van der Waals surface area contributed by atoms with E-state index in [1.165, 1.54) is 0 Å². The molecule has 0 heterocycles. The molecule has 0 amide bonds. The van der Waals surface area contributed by atoms with E-state index in [4.69, 9.17) is 23.2 Å². The molecule has 0 bridgehead atoms. The molecule has 76 valence electrons. The molecular weight excluding hydrogens is 217 g/mol. The molecule has 0 saturated carbocycles. The summed E-state index contributed by atoms with van der Waals surface area (Å²) in [6, 6.07) is 5.84. The van der Waals surface area contributed by atoms with Gasteiger partial charge in [0.1, 0.15) is 0 Å². The monoisotopic (exact) mass is 229 g/mol. The van der Waals surface area contributed by atoms with Crippen molar-refractivity contribution in [2.24, 2.45) is 0 Å². The van der Waals surface area contributed by atoms with Gasteiger partial charge in [-0.3, -0.25) is 0 Å². The average Bonchev–Trinajstić information content (AvgIpc) is 2.19. The Morgan fingerprint density at radius 1 is 1.50 bits per heavy atom. The second-order valence-corrected chi connectivity index (χ2v) is 3.79. The number of halogens is 2. The van der Waals surface area contributed by atoms with Crippen molar-refractivity contribution in [3.63, 3.8) is 0 Å². The number of hydrogen-bond acceptors (Lipinski definition) is 1. The summed E-state index contributed by atoms with van der Waals surface area (Å²) in [5.74, 6) is 0. The molecule has 0 radical (unpaired) electrons. The molecule has 1 unspecified atom stereocenters. The molecule has 1 nitrogen and oxygen atoms in total. The molecule has 1 N–H and O–H groups in total. The zero-order chi connectivity index (χ0) is 10.6. The van der Waals surface area contributed by atoms with E-state index in [0.29, 0.717) is 10.0 Å². The molecule has 0 saturated heterocycles. The standard InChI is InChI=1S/C11H13Cl2N/c1-3-5-10(14-2)8-6-4-7-9(12)11(8)13/h3-4,6-7,10,14H,1,5H2,2H3. The van der Waals surface area contributed by atoms with Crippen LogP contribution in [0, 0.1) is 0 Å². The highest BCUT2D eigenvalue weighted by Crippen LogP contribution is 2.31. The Kier molecular flexibility index (Phi) is 4.46. The average molecular weight is 230 g/mol. The van der Waals surface area contributed by atoms with Crippen LogP contribution in [0.5, 0.6) is 0 Å². The quantitative estimate of drug-likeness (QED) is 0.775. The zero-order valence-electron chi connectivity index (χ0n) is 8.06. The van der Waals surface area contributed by atoms with Gasteiger partial charge in [-0.2, -0.15) is 0 Å². The van der Waals surface area contributed by atoms with Crippen LogP contribution in [0.2, 0.25) is 10.0 Å². The summed E-state index contributed by atoms with van der Waals surface area (Å²) in [6.45, 7) is 3.71. The Labute approximate surface area is 94.7 Å². The van der Waals surface area contributed by atoms with Gasteiger partial charge < -0.3 is 5.32 Å². The summed E-state index contributed by atoms with van der Waals surface area (Å²) in [5, 5.41) is 4.38. The van der Waals surface area contributed by atoms with Crippen LogP contribution in [0.3, 0.4) is 0 Å². The lowest BCUT2D eigenvalue weighted by molar-refractivity contribution is 0.604. The van der Waals surface area contributed by atoms with Crippen molar-refractivity contribution >= 4 is 23.2 Å². The van der Waals surface area contributed by atoms with Crippen LogP contribution in [0.15, 0.2) is 30.9 Å². The van der Waals surface area contributed by atoms with Gasteiger partial charge >= 0.3 is 0 Å². The topological polar surface area (TPSA) is 12.0 Å². The minimum atomic E-state index is 0.179. The van der Waals surface area contributed by atoms with E-state index in [1.807, 2.05) is 25.3 Å². The normalized spacial score (nSPS) is 12.5. The number of hydrogen-bond donors (Lipinski definition) is 1. The van der Waals surface area contributed by atoms with Gasteiger partial charge in [0.25, 0.3) is 0 Å². The molecule has 0 aliphatic carbocycles. The predicted molar refractivity (Wildman–Crippen MR) is 63.1 cm³/mol. The Bertz CT molecular complexity index is 323. The highest BCUT2D eigenvalue weighted by Gasteiger charge is 2.12. The molecule has 1 rings (SSSR count). The van der Waals surface area contributed by atoms with Crippen LogP contribution in [0.4, 0.5) is 0 Å². The van der Waals surface area contributed by atoms with Crippen LogP contribution in [-0.2, 0) is 0 Å². The van der Waals surface area contributed by atoms with E-state index >= 15 is 0 Å². The van der Waals surface area contributed by atoms with Gasteiger partial charge in [0.2, 0.25) is 0 Å². The fourth-order valence-corrected chi connectivity index (χ4v) is 1.80. The van der Waals surface area contributed by atoms with Gasteiger partial charge in [0.05, 0.1) is 10.0 Å². The first-order valence-electron chi connectivity index (χ1n) is 4.42. The molecule has 1 aromatic rings. The van der Waals surface area contributed by atoms with Gasteiger partial charge in [0.15, 0.2) is 0 Å². The van der Waals surface area contributed by atoms with E-state index in [1.54, 1.807) is 6.07 Å². The predicted octanol–water partition coefficient (Wildman–Crippen LogP) is 3.83. The van der Waals surface area contributed by atoms with Crippen LogP contribution in [-0.4, -0.2) is 7.05 Å². The van der Waals surface area contributed by atoms with Gasteiger partial charge in [-0.05, 0) is 25.1 Å². The maximum absolute atomic E-state index is 6.10. The smallest absolute Gasteiger partial charge is 0.0640 e. The fraction of sp³-hybridized carbons (Fsp3) is 0.273. The van der Waals surface area contributed by atoms with Crippen molar-refractivity contribution in [1.82, 2.24) is 5.32 Å². The molecular formula is C11H13Cl2N. The fourth-order valence-electron chi connectivity index (χ4n) is 1.36. The van der Waals surface area contributed by atoms with Crippen molar-refractivity contribution in [3.05, 3.63) is 46.5 Å². The molecule has 1 aromatic carbocycles. The van der Waals surface area contributed by atoms with Crippen LogP contribution >= 0.6 is 23.2 Å². The number of nitrogens with one attached hydrogen (secondary N) is 1. The maximum Gasteiger partial charge on any atom is 0.0640 e. The Hall–Kier alpha value is -0.500. The molecule has 0 aliphatic rings. The van der Waals surface area contributed by atoms with E-state index in [9.17, 15) is 0 Å². The number of rotatable bonds is 4. The molecule has 0 aromatic heterocycles. The molecule has 1 atom stereocenters. The highest BCUT2D eigenvalue weighted by atomic mass is 35.5. The van der Waals surface area contributed by atoms with Crippen LogP contribution in [0.25, 0.3) is 0 Å². The zero-order valence-corrected chi connectivity index (χ0v) is 9.57. The number of benzene rings is 1. The lowest BCUT2D eigenvalue weighted by Gasteiger charge is -2.16. The first kappa shape index (κ1) is 11.6. The van der Waals surface area contributed by atoms with Crippen molar-refractivity contribution in [1.29, 1.82) is 0 Å². The third-order valence-corrected chi connectivity index (χ3v) is 2.94. The molecule has 0 fully saturated rings. The second kappa shape index (κ2) is 5.40. The summed E-state index contributed by atoms with van der Waals surface area (Å²) in [7, 11) is 1.89. The first-order chi connectivity index (χ1) is 6.70. The lowest BCUT2D eigenvalue weighted by Crippen LogP contribution is -2.15. The van der Waals surface area contributed by atoms with E-state index < -0.39 is 0 Å². The minimum Gasteiger partial charge on any atom is -0.313 e. The lowest BCUT2D eigenvalue weighted by atomic mass is 10.0. The van der Waals surface area contributed by atoms with Gasteiger partial charge in [-0.1, -0.05) is 41.4 Å². The molecule has 0 aliphatic heterocycles. The molecule has 14 heavy (non-hydrogen) atoms. The highest BCUT2D eigenvalue weighted by molar-refractivity contribution is 6.42. The van der Waals surface area contributed by atoms with Crippen molar-refractivity contribution in [2.45, 2.75) is 12.5 Å². The summed E-state index contributed by atoms with van der Waals surface area (Å²) < 4.78 is 0. The summed E-state index contributed by atoms with van der Waals surface area (Å²) >= 11 is 12.0. The first-order valence-corrected chi connectivity index (χ1v) is 5.18. The largest absolute Gasteiger partial charge is 0.313 e. The summed E-state index contributed by atoms with van der Waals surface area (Å²) in [4.78, 5) is 0. The minimum absolute atomic E-state index is 0.179. The Morgan fingerprint density at radius 3 is 2.79 bits per heavy atom. The SMILES string of the molecule is C=CCC(NC)c1cccc(Cl)c1Cl. The summed E-state index contributed by atoms with van der Waals surface area (Å²) in [6.07, 6.45) is 2.69. The third-order valence-electron chi connectivity index (χ3n) is 2.11. The Morgan fingerprint density at radius 2 is 2.21 bits per heavy atom. The maximum atomic E-state index is 6.10. The summed E-state index contributed by atoms with van der Waals surface area (Å²) in [5.41, 5.74) is 1.02. The Balaban J connectivity index is 3.03. The van der Waals surface area contributed by atoms with Gasteiger partial charge in [-0.15, -0.1) is 6.58 Å². The van der Waals surface area contributed by atoms with Gasteiger partial charge in [-0.25, -0.2) is 0 Å². The molecule has 3 heteroatoms. The molecule has 0 spiro atoms. The van der Waals surface area contributed by atoms with Crippen LogP contribution in [0.1, 0.15) is 18.0 Å². The van der Waals surface area contributed by atoms with Crippen LogP contribution < -0.4 is 5.32 Å². The van der Waals surface area contributed by atoms with Crippen molar-refractivity contribution in [2.75, 3.05) is 7.05 Å². The van der Waals surface area contributed by atoms with E-state index in [2.05, 4.69) is 11.9 Å².